The van der Waals surface area contributed by atoms with Crippen LogP contribution in [0.1, 0.15) is 17.0 Å². The van der Waals surface area contributed by atoms with Gasteiger partial charge < -0.3 is 0 Å². The van der Waals surface area contributed by atoms with Crippen LogP contribution >= 0.6 is 0 Å². The average Bonchev–Trinajstić information content (AvgIpc) is 2.46. The fraction of sp³-hybridized carbons (Fsp3) is 0.200. The Morgan fingerprint density at radius 2 is 2.31 bits per heavy atom. The highest BCUT2D eigenvalue weighted by Crippen LogP contribution is 2.20. The summed E-state index contributed by atoms with van der Waals surface area (Å²) in [5.74, 6) is 0. The van der Waals surface area contributed by atoms with Crippen LogP contribution in [0.25, 0.3) is 0 Å². The van der Waals surface area contributed by atoms with Gasteiger partial charge >= 0.3 is 12.2 Å². The van der Waals surface area contributed by atoms with Crippen molar-refractivity contribution in [2.75, 3.05) is 0 Å². The maximum absolute atomic E-state index is 12.0. The number of alkyl halides is 2. The van der Waals surface area contributed by atoms with Crippen molar-refractivity contribution in [2.24, 2.45) is 0 Å². The number of aromatic nitrogens is 2. The number of hydrogen-bond acceptors (Lipinski definition) is 4. The fourth-order valence-corrected chi connectivity index (χ4v) is 0.773. The summed E-state index contributed by atoms with van der Waals surface area (Å²) in [7, 11) is 0. The molecule has 0 saturated carbocycles. The first kappa shape index (κ1) is 9.23. The topological polar surface area (TPSA) is 78.0 Å². The van der Waals surface area contributed by atoms with Crippen LogP contribution in [0.4, 0.5) is 14.5 Å². The zero-order valence-electron chi connectivity index (χ0n) is 6.05. The van der Waals surface area contributed by atoms with Crippen molar-refractivity contribution in [2.45, 2.75) is 6.55 Å². The zero-order chi connectivity index (χ0) is 10.0. The Morgan fingerprint density at radius 3 is 2.69 bits per heavy atom. The molecule has 0 aliphatic heterocycles. The van der Waals surface area contributed by atoms with E-state index in [4.69, 9.17) is 0 Å². The van der Waals surface area contributed by atoms with Crippen molar-refractivity contribution in [1.82, 2.24) is 9.78 Å². The number of carbonyl (C=O) groups excluding carboxylic acids is 1. The van der Waals surface area contributed by atoms with Crippen LogP contribution < -0.4 is 0 Å². The minimum Gasteiger partial charge on any atom is -0.296 e. The molecule has 0 spiro atoms. The third-order valence-electron chi connectivity index (χ3n) is 1.31. The van der Waals surface area contributed by atoms with Crippen LogP contribution in [0.5, 0.6) is 0 Å². The SMILES string of the molecule is O=Cc1c([N+](=O)[O-])cnn1C(F)F. The van der Waals surface area contributed by atoms with Crippen LogP contribution in [-0.2, 0) is 0 Å². The van der Waals surface area contributed by atoms with Gasteiger partial charge in [-0.3, -0.25) is 14.9 Å². The van der Waals surface area contributed by atoms with E-state index in [-0.39, 0.29) is 11.0 Å². The Bertz CT molecular complexity index is 349. The van der Waals surface area contributed by atoms with Crippen molar-refractivity contribution < 1.29 is 18.5 Å². The summed E-state index contributed by atoms with van der Waals surface area (Å²) in [4.78, 5) is 19.4. The maximum Gasteiger partial charge on any atom is 0.334 e. The van der Waals surface area contributed by atoms with Crippen LogP contribution in [0, 0.1) is 10.1 Å². The van der Waals surface area contributed by atoms with Crippen LogP contribution in [-0.4, -0.2) is 21.0 Å². The Labute approximate surface area is 69.9 Å². The normalized spacial score (nSPS) is 10.4. The third-order valence-corrected chi connectivity index (χ3v) is 1.31. The molecule has 1 aromatic rings. The lowest BCUT2D eigenvalue weighted by molar-refractivity contribution is -0.385. The van der Waals surface area contributed by atoms with Gasteiger partial charge in [-0.1, -0.05) is 0 Å². The number of nitro groups is 1. The summed E-state index contributed by atoms with van der Waals surface area (Å²) < 4.78 is 24.0. The molecule has 8 heteroatoms. The van der Waals surface area contributed by atoms with E-state index in [1.54, 1.807) is 0 Å². The van der Waals surface area contributed by atoms with E-state index >= 15 is 0 Å². The molecule has 0 fully saturated rings. The highest BCUT2D eigenvalue weighted by molar-refractivity contribution is 5.78. The standard InChI is InChI=1S/C5H3F2N3O3/c6-5(7)9-4(2-11)3(1-8-9)10(12)13/h1-2,5H. The van der Waals surface area contributed by atoms with Gasteiger partial charge in [0, 0.05) is 0 Å². The molecule has 1 heterocycles. The summed E-state index contributed by atoms with van der Waals surface area (Å²) in [6, 6.07) is 0. The quantitative estimate of drug-likeness (QED) is 0.405. The number of nitrogens with zero attached hydrogens (tertiary/aromatic N) is 3. The molecule has 0 aliphatic carbocycles. The zero-order valence-corrected chi connectivity index (χ0v) is 6.05. The molecule has 1 rings (SSSR count). The van der Waals surface area contributed by atoms with Gasteiger partial charge in [-0.25, -0.2) is 0 Å². The lowest BCUT2D eigenvalue weighted by Gasteiger charge is -1.98. The number of aldehydes is 1. The largest absolute Gasteiger partial charge is 0.334 e. The summed E-state index contributed by atoms with van der Waals surface area (Å²) in [6.45, 7) is -3.06. The average molecular weight is 191 g/mol. The van der Waals surface area contributed by atoms with E-state index in [0.717, 1.165) is 0 Å². The monoisotopic (exact) mass is 191 g/mol. The molecule has 0 radical (unpaired) electrons. The summed E-state index contributed by atoms with van der Waals surface area (Å²) in [5, 5.41) is 13.2. The predicted molar refractivity (Wildman–Crippen MR) is 35.5 cm³/mol. The highest BCUT2D eigenvalue weighted by Gasteiger charge is 2.23. The molecule has 13 heavy (non-hydrogen) atoms. The Kier molecular flexibility index (Phi) is 2.31. The van der Waals surface area contributed by atoms with E-state index in [1.165, 1.54) is 0 Å². The van der Waals surface area contributed by atoms with Crippen molar-refractivity contribution in [3.8, 4) is 0 Å². The molecule has 0 bridgehead atoms. The summed E-state index contributed by atoms with van der Waals surface area (Å²) in [6.07, 6.45) is 0.577. The third kappa shape index (κ3) is 1.50. The van der Waals surface area contributed by atoms with Crippen molar-refractivity contribution in [3.63, 3.8) is 0 Å². The fourth-order valence-electron chi connectivity index (χ4n) is 0.773. The first-order chi connectivity index (χ1) is 6.07. The molecule has 0 saturated heterocycles. The number of rotatable bonds is 3. The number of carbonyl (C=O) groups is 1. The molecular weight excluding hydrogens is 188 g/mol. The Hall–Kier alpha value is -1.86. The van der Waals surface area contributed by atoms with E-state index in [2.05, 4.69) is 5.10 Å². The molecule has 70 valence electrons. The molecule has 6 nitrogen and oxygen atoms in total. The summed E-state index contributed by atoms with van der Waals surface area (Å²) >= 11 is 0. The smallest absolute Gasteiger partial charge is 0.296 e. The van der Waals surface area contributed by atoms with Crippen LogP contribution in [0.2, 0.25) is 0 Å². The van der Waals surface area contributed by atoms with E-state index in [0.29, 0.717) is 6.20 Å². The molecule has 0 aliphatic rings. The molecule has 0 N–H and O–H groups in total. The number of halogens is 2. The minimum absolute atomic E-state index is 0.00880. The first-order valence-electron chi connectivity index (χ1n) is 3.03. The van der Waals surface area contributed by atoms with Crippen molar-refractivity contribution in [1.29, 1.82) is 0 Å². The lowest BCUT2D eigenvalue weighted by Crippen LogP contribution is -2.05. The van der Waals surface area contributed by atoms with Gasteiger partial charge in [0.05, 0.1) is 4.92 Å². The van der Waals surface area contributed by atoms with Gasteiger partial charge in [-0.15, -0.1) is 0 Å². The van der Waals surface area contributed by atoms with Gasteiger partial charge in [0.2, 0.25) is 0 Å². The second-order valence-electron chi connectivity index (χ2n) is 2.01. The number of hydrogen-bond donors (Lipinski definition) is 0. The van der Waals surface area contributed by atoms with E-state index in [9.17, 15) is 23.7 Å². The second-order valence-corrected chi connectivity index (χ2v) is 2.01. The highest BCUT2D eigenvalue weighted by atomic mass is 19.3. The van der Waals surface area contributed by atoms with Gasteiger partial charge in [0.25, 0.3) is 0 Å². The minimum atomic E-state index is -3.06. The molecule has 0 unspecified atom stereocenters. The van der Waals surface area contributed by atoms with E-state index < -0.39 is 22.9 Å². The van der Waals surface area contributed by atoms with Crippen LogP contribution in [0.15, 0.2) is 6.20 Å². The van der Waals surface area contributed by atoms with Crippen molar-refractivity contribution >= 4 is 12.0 Å². The molecule has 0 atom stereocenters. The molecule has 1 aromatic heterocycles. The molecular formula is C5H3F2N3O3. The van der Waals surface area contributed by atoms with Gasteiger partial charge in [0.1, 0.15) is 6.20 Å². The van der Waals surface area contributed by atoms with Gasteiger partial charge in [-0.05, 0) is 0 Å². The maximum atomic E-state index is 12.0. The van der Waals surface area contributed by atoms with E-state index in [1.807, 2.05) is 0 Å². The van der Waals surface area contributed by atoms with Crippen LogP contribution in [0.3, 0.4) is 0 Å². The Balaban J connectivity index is 3.26. The summed E-state index contributed by atoms with van der Waals surface area (Å²) in [5.41, 5.74) is -1.46. The molecule has 0 amide bonds. The Morgan fingerprint density at radius 1 is 1.69 bits per heavy atom. The van der Waals surface area contributed by atoms with Gasteiger partial charge in [0.15, 0.2) is 12.0 Å². The van der Waals surface area contributed by atoms with Crippen molar-refractivity contribution in [3.05, 3.63) is 22.0 Å². The lowest BCUT2D eigenvalue weighted by atomic mass is 10.4. The second kappa shape index (κ2) is 3.25. The molecule has 0 aromatic carbocycles. The first-order valence-corrected chi connectivity index (χ1v) is 3.03. The van der Waals surface area contributed by atoms with Gasteiger partial charge in [-0.2, -0.15) is 18.6 Å². The predicted octanol–water partition coefficient (Wildman–Crippen LogP) is 0.999.